The molecule has 0 atom stereocenters. The van der Waals surface area contributed by atoms with Gasteiger partial charge in [0.25, 0.3) is 0 Å². The maximum atomic E-state index is 12.2. The molecule has 0 aliphatic rings. The summed E-state index contributed by atoms with van der Waals surface area (Å²) in [5, 5.41) is 0.544. The first-order valence-electron chi connectivity index (χ1n) is 6.05. The lowest BCUT2D eigenvalue weighted by Gasteiger charge is -2.10. The molecule has 2 rings (SSSR count). The molecule has 2 N–H and O–H groups in total. The molecular weight excluding hydrogens is 421 g/mol. The number of halogens is 3. The van der Waals surface area contributed by atoms with E-state index in [1.807, 2.05) is 12.1 Å². The van der Waals surface area contributed by atoms with Crippen molar-refractivity contribution in [3.05, 3.63) is 61.0 Å². The van der Waals surface area contributed by atoms with Gasteiger partial charge in [-0.2, -0.15) is 0 Å². The SMILES string of the molecule is Cc1c(N)cc(Br)cc1C(=O)OCc1ccc(Br)cc1Cl. The first-order chi connectivity index (χ1) is 9.88. The average molecular weight is 434 g/mol. The van der Waals surface area contributed by atoms with E-state index >= 15 is 0 Å². The van der Waals surface area contributed by atoms with Crippen LogP contribution in [0.3, 0.4) is 0 Å². The smallest absolute Gasteiger partial charge is 0.338 e. The summed E-state index contributed by atoms with van der Waals surface area (Å²) in [6.07, 6.45) is 0. The fourth-order valence-electron chi connectivity index (χ4n) is 1.77. The highest BCUT2D eigenvalue weighted by Gasteiger charge is 2.14. The molecule has 2 aromatic carbocycles. The van der Waals surface area contributed by atoms with Gasteiger partial charge in [0.2, 0.25) is 0 Å². The van der Waals surface area contributed by atoms with Crippen molar-refractivity contribution in [3.8, 4) is 0 Å². The zero-order valence-corrected chi connectivity index (χ0v) is 15.0. The topological polar surface area (TPSA) is 52.3 Å². The third-order valence-electron chi connectivity index (χ3n) is 3.01. The fourth-order valence-corrected chi connectivity index (χ4v) is 2.98. The number of anilines is 1. The Morgan fingerprint density at radius 2 is 1.95 bits per heavy atom. The lowest BCUT2D eigenvalue weighted by Crippen LogP contribution is -2.09. The number of carbonyl (C=O) groups is 1. The van der Waals surface area contributed by atoms with Crippen LogP contribution in [0.25, 0.3) is 0 Å². The molecule has 0 radical (unpaired) electrons. The summed E-state index contributed by atoms with van der Waals surface area (Å²) in [5.41, 5.74) is 8.27. The number of nitrogen functional groups attached to an aromatic ring is 1. The number of hydrogen-bond acceptors (Lipinski definition) is 3. The van der Waals surface area contributed by atoms with Gasteiger partial charge in [0, 0.05) is 25.2 Å². The number of ether oxygens (including phenoxy) is 1. The molecule has 0 aliphatic heterocycles. The van der Waals surface area contributed by atoms with Crippen LogP contribution in [0.2, 0.25) is 5.02 Å². The quantitative estimate of drug-likeness (QED) is 0.540. The third kappa shape index (κ3) is 3.99. The second-order valence-electron chi connectivity index (χ2n) is 4.48. The summed E-state index contributed by atoms with van der Waals surface area (Å²) in [6, 6.07) is 8.85. The average Bonchev–Trinajstić information content (AvgIpc) is 2.41. The van der Waals surface area contributed by atoms with E-state index in [0.29, 0.717) is 21.8 Å². The fraction of sp³-hybridized carbons (Fsp3) is 0.133. The Kier molecular flexibility index (Phi) is 5.30. The van der Waals surface area contributed by atoms with E-state index < -0.39 is 5.97 Å². The first-order valence-corrected chi connectivity index (χ1v) is 8.01. The van der Waals surface area contributed by atoms with Gasteiger partial charge < -0.3 is 10.5 Å². The van der Waals surface area contributed by atoms with Gasteiger partial charge in [-0.05, 0) is 36.8 Å². The zero-order chi connectivity index (χ0) is 15.6. The third-order valence-corrected chi connectivity index (χ3v) is 4.31. The van der Waals surface area contributed by atoms with Crippen molar-refractivity contribution in [2.45, 2.75) is 13.5 Å². The lowest BCUT2D eigenvalue weighted by atomic mass is 10.1. The van der Waals surface area contributed by atoms with E-state index in [4.69, 9.17) is 22.1 Å². The Hall–Kier alpha value is -1.04. The molecule has 6 heteroatoms. The van der Waals surface area contributed by atoms with E-state index in [1.165, 1.54) is 0 Å². The second kappa shape index (κ2) is 6.81. The van der Waals surface area contributed by atoms with Gasteiger partial charge >= 0.3 is 5.97 Å². The molecule has 0 spiro atoms. The number of carbonyl (C=O) groups excluding carboxylic acids is 1. The second-order valence-corrected chi connectivity index (χ2v) is 6.72. The molecule has 0 unspecified atom stereocenters. The highest BCUT2D eigenvalue weighted by molar-refractivity contribution is 9.10. The molecule has 3 nitrogen and oxygen atoms in total. The van der Waals surface area contributed by atoms with Crippen LogP contribution in [0.1, 0.15) is 21.5 Å². The predicted octanol–water partition coefficient (Wildman–Crippen LogP) is 5.11. The van der Waals surface area contributed by atoms with Crippen molar-refractivity contribution in [2.75, 3.05) is 5.73 Å². The van der Waals surface area contributed by atoms with Crippen molar-refractivity contribution in [3.63, 3.8) is 0 Å². The Labute approximate surface area is 144 Å². The van der Waals surface area contributed by atoms with Crippen LogP contribution in [0, 0.1) is 6.92 Å². The highest BCUT2D eigenvalue weighted by atomic mass is 79.9. The van der Waals surface area contributed by atoms with Gasteiger partial charge in [-0.3, -0.25) is 0 Å². The van der Waals surface area contributed by atoms with Crippen LogP contribution in [0.4, 0.5) is 5.69 Å². The Bertz CT molecular complexity index is 704. The number of nitrogens with two attached hydrogens (primary N) is 1. The van der Waals surface area contributed by atoms with Crippen LogP contribution >= 0.6 is 43.5 Å². The summed E-state index contributed by atoms with van der Waals surface area (Å²) >= 11 is 12.7. The predicted molar refractivity (Wildman–Crippen MR) is 91.6 cm³/mol. The summed E-state index contributed by atoms with van der Waals surface area (Å²) in [4.78, 5) is 12.2. The van der Waals surface area contributed by atoms with Gasteiger partial charge in [0.05, 0.1) is 5.56 Å². The van der Waals surface area contributed by atoms with E-state index in [1.54, 1.807) is 25.1 Å². The summed E-state index contributed by atoms with van der Waals surface area (Å²) in [5.74, 6) is -0.431. The zero-order valence-electron chi connectivity index (χ0n) is 11.1. The Balaban J connectivity index is 2.15. The molecule has 0 bridgehead atoms. The molecule has 0 aromatic heterocycles. The summed E-state index contributed by atoms with van der Waals surface area (Å²) in [7, 11) is 0. The molecule has 0 fully saturated rings. The molecule has 0 aliphatic carbocycles. The molecule has 0 amide bonds. The van der Waals surface area contributed by atoms with Crippen molar-refractivity contribution < 1.29 is 9.53 Å². The molecule has 110 valence electrons. The van der Waals surface area contributed by atoms with Crippen molar-refractivity contribution in [1.29, 1.82) is 0 Å². The number of benzene rings is 2. The number of rotatable bonds is 3. The van der Waals surface area contributed by atoms with Crippen LogP contribution in [0.5, 0.6) is 0 Å². The number of hydrogen-bond donors (Lipinski definition) is 1. The molecular formula is C15H12Br2ClNO2. The Morgan fingerprint density at radius 3 is 2.62 bits per heavy atom. The van der Waals surface area contributed by atoms with Gasteiger partial charge in [-0.15, -0.1) is 0 Å². The van der Waals surface area contributed by atoms with E-state index in [0.717, 1.165) is 14.5 Å². The molecule has 0 heterocycles. The normalized spacial score (nSPS) is 10.5. The standard InChI is InChI=1S/C15H12Br2ClNO2/c1-8-12(4-11(17)6-14(8)19)15(20)21-7-9-2-3-10(16)5-13(9)18/h2-6H,7,19H2,1H3. The van der Waals surface area contributed by atoms with Gasteiger partial charge in [0.15, 0.2) is 0 Å². The minimum absolute atomic E-state index is 0.108. The van der Waals surface area contributed by atoms with Crippen LogP contribution in [-0.2, 0) is 11.3 Å². The molecule has 0 saturated heterocycles. The van der Waals surface area contributed by atoms with Crippen molar-refractivity contribution >= 4 is 55.1 Å². The molecule has 21 heavy (non-hydrogen) atoms. The van der Waals surface area contributed by atoms with Gasteiger partial charge in [-0.25, -0.2) is 4.79 Å². The maximum absolute atomic E-state index is 12.2. The lowest BCUT2D eigenvalue weighted by molar-refractivity contribution is 0.0472. The van der Waals surface area contributed by atoms with Gasteiger partial charge in [0.1, 0.15) is 6.61 Å². The molecule has 2 aromatic rings. The highest BCUT2D eigenvalue weighted by Crippen LogP contribution is 2.25. The minimum atomic E-state index is -0.431. The minimum Gasteiger partial charge on any atom is -0.457 e. The van der Waals surface area contributed by atoms with E-state index in [2.05, 4.69) is 31.9 Å². The monoisotopic (exact) mass is 431 g/mol. The van der Waals surface area contributed by atoms with Crippen molar-refractivity contribution in [1.82, 2.24) is 0 Å². The summed E-state index contributed by atoms with van der Waals surface area (Å²) in [6.45, 7) is 1.89. The Morgan fingerprint density at radius 1 is 1.24 bits per heavy atom. The van der Waals surface area contributed by atoms with Crippen molar-refractivity contribution in [2.24, 2.45) is 0 Å². The maximum Gasteiger partial charge on any atom is 0.338 e. The van der Waals surface area contributed by atoms with E-state index in [9.17, 15) is 4.79 Å². The molecule has 0 saturated carbocycles. The summed E-state index contributed by atoms with van der Waals surface area (Å²) < 4.78 is 6.92. The van der Waals surface area contributed by atoms with Crippen LogP contribution in [-0.4, -0.2) is 5.97 Å². The first kappa shape index (κ1) is 16.3. The van der Waals surface area contributed by atoms with Crippen LogP contribution in [0.15, 0.2) is 39.3 Å². The van der Waals surface area contributed by atoms with E-state index in [-0.39, 0.29) is 6.61 Å². The van der Waals surface area contributed by atoms with Crippen LogP contribution < -0.4 is 5.73 Å². The number of esters is 1. The van der Waals surface area contributed by atoms with Gasteiger partial charge in [-0.1, -0.05) is 49.5 Å². The largest absolute Gasteiger partial charge is 0.457 e.